The number of nitrogens with zero attached hydrogens (tertiary/aromatic N) is 5. The van der Waals surface area contributed by atoms with Crippen molar-refractivity contribution in [2.24, 2.45) is 0 Å². The number of carbonyl (C=O) groups is 1. The zero-order valence-corrected chi connectivity index (χ0v) is 17.0. The van der Waals surface area contributed by atoms with Crippen LogP contribution in [0.2, 0.25) is 0 Å². The van der Waals surface area contributed by atoms with Crippen LogP contribution in [0.3, 0.4) is 0 Å². The Labute approximate surface area is 164 Å². The smallest absolute Gasteiger partial charge is 0.220 e. The van der Waals surface area contributed by atoms with Crippen LogP contribution >= 0.6 is 0 Å². The zero-order chi connectivity index (χ0) is 20.3. The quantitative estimate of drug-likeness (QED) is 0.675. The number of hydrogen-bond acceptors (Lipinski definition) is 6. The van der Waals surface area contributed by atoms with Crippen molar-refractivity contribution in [1.29, 1.82) is 0 Å². The van der Waals surface area contributed by atoms with Gasteiger partial charge in [0.25, 0.3) is 0 Å². The van der Waals surface area contributed by atoms with Crippen LogP contribution in [0.1, 0.15) is 34.9 Å². The summed E-state index contributed by atoms with van der Waals surface area (Å²) in [5, 5.41) is 7.51. The van der Waals surface area contributed by atoms with Crippen LogP contribution in [0.5, 0.6) is 0 Å². The summed E-state index contributed by atoms with van der Waals surface area (Å²) in [4.78, 5) is 22.7. The SMILES string of the molecule is Cc1ccc(CNC(=O)CCc2c(C)nn(-c3cc(N(C)C)ncn3)c2C)o1. The number of aryl methyl sites for hydroxylation is 2. The first-order valence-electron chi connectivity index (χ1n) is 9.22. The Morgan fingerprint density at radius 1 is 1.21 bits per heavy atom. The molecule has 0 radical (unpaired) electrons. The normalized spacial score (nSPS) is 10.9. The highest BCUT2D eigenvalue weighted by molar-refractivity contribution is 5.76. The van der Waals surface area contributed by atoms with Gasteiger partial charge in [0.1, 0.15) is 23.7 Å². The van der Waals surface area contributed by atoms with Crippen molar-refractivity contribution in [3.05, 3.63) is 53.0 Å². The number of anilines is 1. The molecule has 3 rings (SSSR count). The number of aromatic nitrogens is 4. The second-order valence-electron chi connectivity index (χ2n) is 6.98. The monoisotopic (exact) mass is 382 g/mol. The molecule has 0 aromatic carbocycles. The fourth-order valence-electron chi connectivity index (χ4n) is 3.05. The van der Waals surface area contributed by atoms with E-state index in [0.29, 0.717) is 25.2 Å². The molecule has 0 fully saturated rings. The summed E-state index contributed by atoms with van der Waals surface area (Å²) >= 11 is 0. The van der Waals surface area contributed by atoms with Gasteiger partial charge in [-0.25, -0.2) is 14.6 Å². The highest BCUT2D eigenvalue weighted by Crippen LogP contribution is 2.20. The van der Waals surface area contributed by atoms with E-state index in [2.05, 4.69) is 20.4 Å². The minimum absolute atomic E-state index is 0.0162. The van der Waals surface area contributed by atoms with Crippen LogP contribution in [0.4, 0.5) is 5.82 Å². The molecule has 8 nitrogen and oxygen atoms in total. The van der Waals surface area contributed by atoms with E-state index in [1.54, 1.807) is 0 Å². The number of carbonyl (C=O) groups excluding carboxylic acids is 1. The van der Waals surface area contributed by atoms with Gasteiger partial charge in [-0.1, -0.05) is 0 Å². The van der Waals surface area contributed by atoms with Crippen molar-refractivity contribution in [2.75, 3.05) is 19.0 Å². The standard InChI is InChI=1S/C20H26N6O2/c1-13-6-7-16(28-13)11-21-20(27)9-8-17-14(2)24-26(15(17)3)19-10-18(25(4)5)22-12-23-19/h6-7,10,12H,8-9,11H2,1-5H3,(H,21,27). The van der Waals surface area contributed by atoms with Crippen molar-refractivity contribution in [2.45, 2.75) is 40.2 Å². The minimum atomic E-state index is -0.0162. The molecule has 1 N–H and O–H groups in total. The third-order valence-electron chi connectivity index (χ3n) is 4.61. The van der Waals surface area contributed by atoms with Gasteiger partial charge in [0, 0.05) is 32.3 Å². The van der Waals surface area contributed by atoms with Crippen molar-refractivity contribution >= 4 is 11.7 Å². The van der Waals surface area contributed by atoms with E-state index in [9.17, 15) is 4.79 Å². The van der Waals surface area contributed by atoms with E-state index >= 15 is 0 Å². The third kappa shape index (κ3) is 4.39. The van der Waals surface area contributed by atoms with Gasteiger partial charge < -0.3 is 14.6 Å². The molecule has 0 bridgehead atoms. The highest BCUT2D eigenvalue weighted by Gasteiger charge is 2.16. The summed E-state index contributed by atoms with van der Waals surface area (Å²) in [7, 11) is 3.86. The summed E-state index contributed by atoms with van der Waals surface area (Å²) in [6, 6.07) is 5.65. The number of furan rings is 1. The lowest BCUT2D eigenvalue weighted by Gasteiger charge is -2.12. The van der Waals surface area contributed by atoms with Crippen LogP contribution in [-0.2, 0) is 17.8 Å². The van der Waals surface area contributed by atoms with Crippen LogP contribution in [0, 0.1) is 20.8 Å². The van der Waals surface area contributed by atoms with Crippen LogP contribution in [-0.4, -0.2) is 39.8 Å². The number of hydrogen-bond donors (Lipinski definition) is 1. The topological polar surface area (TPSA) is 89.1 Å². The Morgan fingerprint density at radius 3 is 2.68 bits per heavy atom. The molecule has 0 saturated heterocycles. The van der Waals surface area contributed by atoms with Crippen molar-refractivity contribution < 1.29 is 9.21 Å². The van der Waals surface area contributed by atoms with Gasteiger partial charge in [-0.2, -0.15) is 5.10 Å². The van der Waals surface area contributed by atoms with Gasteiger partial charge in [0.15, 0.2) is 5.82 Å². The molecule has 0 saturated carbocycles. The van der Waals surface area contributed by atoms with Crippen LogP contribution in [0.15, 0.2) is 28.9 Å². The van der Waals surface area contributed by atoms with E-state index in [0.717, 1.165) is 34.3 Å². The molecular formula is C20H26N6O2. The van der Waals surface area contributed by atoms with Crippen molar-refractivity contribution in [3.63, 3.8) is 0 Å². The molecule has 3 heterocycles. The van der Waals surface area contributed by atoms with E-state index in [4.69, 9.17) is 4.42 Å². The summed E-state index contributed by atoms with van der Waals surface area (Å²) in [5.41, 5.74) is 2.95. The second kappa shape index (κ2) is 8.24. The predicted molar refractivity (Wildman–Crippen MR) is 107 cm³/mol. The molecule has 0 spiro atoms. The molecule has 3 aromatic rings. The molecule has 1 amide bonds. The van der Waals surface area contributed by atoms with E-state index < -0.39 is 0 Å². The van der Waals surface area contributed by atoms with Gasteiger partial charge in [0.2, 0.25) is 5.91 Å². The molecule has 0 aliphatic heterocycles. The molecule has 0 aliphatic carbocycles. The molecule has 3 aromatic heterocycles. The Morgan fingerprint density at radius 2 is 2.00 bits per heavy atom. The first kappa shape index (κ1) is 19.6. The van der Waals surface area contributed by atoms with Gasteiger partial charge in [-0.15, -0.1) is 0 Å². The molecule has 0 aliphatic rings. The lowest BCUT2D eigenvalue weighted by molar-refractivity contribution is -0.121. The zero-order valence-electron chi connectivity index (χ0n) is 17.0. The Balaban J connectivity index is 1.66. The van der Waals surface area contributed by atoms with E-state index in [1.807, 2.05) is 62.6 Å². The molecule has 148 valence electrons. The molecular weight excluding hydrogens is 356 g/mol. The third-order valence-corrected chi connectivity index (χ3v) is 4.61. The maximum absolute atomic E-state index is 12.2. The average molecular weight is 382 g/mol. The molecule has 28 heavy (non-hydrogen) atoms. The summed E-state index contributed by atoms with van der Waals surface area (Å²) in [6.07, 6.45) is 2.54. The van der Waals surface area contributed by atoms with Crippen LogP contribution < -0.4 is 10.2 Å². The maximum Gasteiger partial charge on any atom is 0.220 e. The minimum Gasteiger partial charge on any atom is -0.465 e. The Hall–Kier alpha value is -3.16. The van der Waals surface area contributed by atoms with Gasteiger partial charge in [-0.05, 0) is 44.9 Å². The fourth-order valence-corrected chi connectivity index (χ4v) is 3.05. The van der Waals surface area contributed by atoms with E-state index in [-0.39, 0.29) is 5.91 Å². The number of rotatable bonds is 7. The molecule has 0 unspecified atom stereocenters. The maximum atomic E-state index is 12.2. The first-order chi connectivity index (χ1) is 13.3. The Kier molecular flexibility index (Phi) is 5.77. The number of nitrogens with one attached hydrogen (secondary N) is 1. The summed E-state index contributed by atoms with van der Waals surface area (Å²) < 4.78 is 7.28. The van der Waals surface area contributed by atoms with Gasteiger partial charge in [0.05, 0.1) is 12.2 Å². The Bertz CT molecular complexity index is 973. The largest absolute Gasteiger partial charge is 0.465 e. The van der Waals surface area contributed by atoms with Crippen molar-refractivity contribution in [1.82, 2.24) is 25.1 Å². The number of amides is 1. The lowest BCUT2D eigenvalue weighted by Crippen LogP contribution is -2.22. The fraction of sp³-hybridized carbons (Fsp3) is 0.400. The highest BCUT2D eigenvalue weighted by atomic mass is 16.3. The van der Waals surface area contributed by atoms with Crippen LogP contribution in [0.25, 0.3) is 5.82 Å². The average Bonchev–Trinajstić information content (AvgIpc) is 3.21. The molecule has 0 atom stereocenters. The van der Waals surface area contributed by atoms with Crippen molar-refractivity contribution in [3.8, 4) is 5.82 Å². The first-order valence-corrected chi connectivity index (χ1v) is 9.22. The summed E-state index contributed by atoms with van der Waals surface area (Å²) in [5.74, 6) is 3.10. The lowest BCUT2D eigenvalue weighted by atomic mass is 10.1. The predicted octanol–water partition coefficient (Wildman–Crippen LogP) is 2.50. The van der Waals surface area contributed by atoms with E-state index in [1.165, 1.54) is 6.33 Å². The second-order valence-corrected chi connectivity index (χ2v) is 6.98. The van der Waals surface area contributed by atoms with Gasteiger partial charge >= 0.3 is 0 Å². The molecule has 8 heteroatoms. The van der Waals surface area contributed by atoms with Gasteiger partial charge in [-0.3, -0.25) is 4.79 Å². The summed E-state index contributed by atoms with van der Waals surface area (Å²) in [6.45, 7) is 6.23.